The molecule has 30 heavy (non-hydrogen) atoms. The fraction of sp³-hybridized carbons (Fsp3) is 0.500. The molecule has 0 spiro atoms. The molecule has 10 heteroatoms. The average molecular weight is 432 g/mol. The van der Waals surface area contributed by atoms with Crippen molar-refractivity contribution in [3.63, 3.8) is 0 Å². The molecule has 9 nitrogen and oxygen atoms in total. The van der Waals surface area contributed by atoms with Gasteiger partial charge in [0.2, 0.25) is 5.88 Å². The van der Waals surface area contributed by atoms with E-state index >= 15 is 0 Å². The van der Waals surface area contributed by atoms with E-state index < -0.39 is 15.9 Å². The number of anilines is 1. The third-order valence-electron chi connectivity index (χ3n) is 6.01. The lowest BCUT2D eigenvalue weighted by molar-refractivity contribution is 0.0920. The minimum absolute atomic E-state index is 0.125. The van der Waals surface area contributed by atoms with Crippen LogP contribution in [0.15, 0.2) is 21.5 Å². The smallest absolute Gasteiger partial charge is 0.354 e. The van der Waals surface area contributed by atoms with Gasteiger partial charge < -0.3 is 14.8 Å². The van der Waals surface area contributed by atoms with E-state index in [1.807, 2.05) is 0 Å². The largest absolute Gasteiger partial charge is 0.469 e. The Morgan fingerprint density at radius 1 is 1.33 bits per heavy atom. The summed E-state index contributed by atoms with van der Waals surface area (Å²) in [7, 11) is -1.94. The monoisotopic (exact) mass is 431 g/mol. The van der Waals surface area contributed by atoms with Gasteiger partial charge in [0.05, 0.1) is 19.3 Å². The highest BCUT2D eigenvalue weighted by molar-refractivity contribution is 7.91. The van der Waals surface area contributed by atoms with E-state index in [1.54, 1.807) is 11.8 Å². The van der Waals surface area contributed by atoms with Crippen LogP contribution < -0.4 is 15.2 Å². The van der Waals surface area contributed by atoms with Crippen molar-refractivity contribution in [3.05, 3.63) is 34.5 Å². The van der Waals surface area contributed by atoms with E-state index in [1.165, 1.54) is 28.5 Å². The summed E-state index contributed by atoms with van der Waals surface area (Å²) in [6.45, 7) is 0.837. The van der Waals surface area contributed by atoms with Crippen LogP contribution >= 0.6 is 0 Å². The van der Waals surface area contributed by atoms with Gasteiger partial charge in [0.1, 0.15) is 11.0 Å². The number of amides is 2. The van der Waals surface area contributed by atoms with Crippen LogP contribution in [0.5, 0.6) is 5.88 Å². The van der Waals surface area contributed by atoms with E-state index in [0.29, 0.717) is 13.2 Å². The molecule has 5 rings (SSSR count). The van der Waals surface area contributed by atoms with Gasteiger partial charge in [-0.3, -0.25) is 0 Å². The van der Waals surface area contributed by atoms with Crippen LogP contribution in [0.4, 0.5) is 10.5 Å². The Balaban J connectivity index is 1.44. The first-order chi connectivity index (χ1) is 14.5. The number of hydrogen-bond acceptors (Lipinski definition) is 5. The second-order valence-corrected chi connectivity index (χ2v) is 9.78. The fourth-order valence-corrected chi connectivity index (χ4v) is 5.73. The van der Waals surface area contributed by atoms with E-state index in [4.69, 9.17) is 14.6 Å². The second kappa shape index (κ2) is 7.36. The number of fused-ring (bicyclic) bond motifs is 3. The van der Waals surface area contributed by atoms with Crippen molar-refractivity contribution in [2.45, 2.75) is 56.1 Å². The lowest BCUT2D eigenvalue weighted by Crippen LogP contribution is -2.22. The number of urea groups is 1. The van der Waals surface area contributed by atoms with Gasteiger partial charge in [-0.2, -0.15) is 5.10 Å². The van der Waals surface area contributed by atoms with Crippen LogP contribution in [-0.4, -0.2) is 39.8 Å². The molecule has 0 saturated carbocycles. The summed E-state index contributed by atoms with van der Waals surface area (Å²) < 4.78 is 29.4. The van der Waals surface area contributed by atoms with E-state index in [2.05, 4.69) is 20.8 Å². The van der Waals surface area contributed by atoms with Gasteiger partial charge in [-0.15, -0.1) is 4.36 Å². The molecule has 0 fully saturated rings. The third-order valence-corrected chi connectivity index (χ3v) is 7.35. The van der Waals surface area contributed by atoms with Gasteiger partial charge >= 0.3 is 6.03 Å². The molecule has 0 radical (unpaired) electrons. The fourth-order valence-electron chi connectivity index (χ4n) is 4.74. The number of aryl methyl sites for hydroxylation is 2. The molecule has 160 valence electrons. The normalized spacial score (nSPS) is 20.8. The molecule has 3 N–H and O–H groups in total. The minimum atomic E-state index is -3.51. The van der Waals surface area contributed by atoms with Crippen molar-refractivity contribution in [3.8, 4) is 5.88 Å². The van der Waals surface area contributed by atoms with Crippen molar-refractivity contribution in [2.75, 3.05) is 19.0 Å². The molecular weight excluding hydrogens is 406 g/mol. The third kappa shape index (κ3) is 3.28. The predicted octanol–water partition coefficient (Wildman–Crippen LogP) is 2.20. The summed E-state index contributed by atoms with van der Waals surface area (Å²) in [5.74, 6) is 0.280. The molecule has 0 saturated heterocycles. The maximum atomic E-state index is 13.1. The summed E-state index contributed by atoms with van der Waals surface area (Å²) >= 11 is 0. The van der Waals surface area contributed by atoms with Gasteiger partial charge in [-0.05, 0) is 60.8 Å². The SMILES string of the molecule is COC[C@@H]1Cn2ncc([S@](N)(=O)=NC(=O)Nc3c4c(cc5c3CCC5)CCC4)c2O1. The lowest BCUT2D eigenvalue weighted by atomic mass is 9.99. The molecule has 1 aliphatic heterocycles. The molecular formula is C20H25N5O4S. The van der Waals surface area contributed by atoms with Crippen LogP contribution in [0.1, 0.15) is 35.1 Å². The Kier molecular flexibility index (Phi) is 4.79. The standard InChI is InChI=1S/C20H25N5O4S/c1-28-11-14-10-25-19(29-14)17(9-22-25)30(21,27)24-20(26)23-18-15-6-2-4-12(15)8-13-5-3-7-16(13)18/h8-9,14H,2-7,10-11H2,1H3,(H3,21,23,24,26,27)/t14-,30+/m0/s1. The second-order valence-electron chi connectivity index (χ2n) is 8.02. The highest BCUT2D eigenvalue weighted by Crippen LogP contribution is 2.38. The van der Waals surface area contributed by atoms with Gasteiger partial charge in [0.25, 0.3) is 0 Å². The average Bonchev–Trinajstić information content (AvgIpc) is 3.44. The number of carbonyl (C=O) groups excluding carboxylic acids is 1. The number of benzene rings is 1. The Morgan fingerprint density at radius 2 is 2.03 bits per heavy atom. The molecule has 3 aliphatic rings. The highest BCUT2D eigenvalue weighted by atomic mass is 32.2. The molecule has 0 bridgehead atoms. The zero-order chi connectivity index (χ0) is 20.9. The van der Waals surface area contributed by atoms with Gasteiger partial charge in [0, 0.05) is 12.8 Å². The quantitative estimate of drug-likeness (QED) is 0.769. The summed E-state index contributed by atoms with van der Waals surface area (Å²) in [4.78, 5) is 12.9. The van der Waals surface area contributed by atoms with Crippen LogP contribution in [0, 0.1) is 0 Å². The molecule has 2 aromatic rings. The number of nitrogens with one attached hydrogen (secondary N) is 1. The zero-order valence-corrected chi connectivity index (χ0v) is 17.7. The van der Waals surface area contributed by atoms with Crippen molar-refractivity contribution in [1.29, 1.82) is 0 Å². The molecule has 0 unspecified atom stereocenters. The minimum Gasteiger partial charge on any atom is -0.469 e. The highest BCUT2D eigenvalue weighted by Gasteiger charge is 2.31. The van der Waals surface area contributed by atoms with Crippen LogP contribution in [0.25, 0.3) is 0 Å². The van der Waals surface area contributed by atoms with Crippen molar-refractivity contribution >= 4 is 21.6 Å². The van der Waals surface area contributed by atoms with Crippen molar-refractivity contribution in [1.82, 2.24) is 9.78 Å². The number of hydrogen-bond donors (Lipinski definition) is 2. The Bertz CT molecular complexity index is 1120. The van der Waals surface area contributed by atoms with Gasteiger partial charge in [0.15, 0.2) is 9.92 Å². The zero-order valence-electron chi connectivity index (χ0n) is 16.8. The molecule has 2 heterocycles. The Morgan fingerprint density at radius 3 is 2.70 bits per heavy atom. The summed E-state index contributed by atoms with van der Waals surface area (Å²) in [5, 5.41) is 13.1. The number of carbonyl (C=O) groups is 1. The topological polar surface area (TPSA) is 121 Å². The molecule has 1 aromatic heterocycles. The van der Waals surface area contributed by atoms with E-state index in [9.17, 15) is 9.00 Å². The van der Waals surface area contributed by atoms with Gasteiger partial charge in [-0.1, -0.05) is 6.07 Å². The number of ether oxygens (including phenoxy) is 2. The number of nitrogens with zero attached hydrogens (tertiary/aromatic N) is 3. The number of aromatic nitrogens is 2. The number of nitrogens with two attached hydrogens (primary N) is 1. The van der Waals surface area contributed by atoms with Crippen LogP contribution in [0.3, 0.4) is 0 Å². The maximum Gasteiger partial charge on any atom is 0.354 e. The lowest BCUT2D eigenvalue weighted by Gasteiger charge is -2.15. The summed E-state index contributed by atoms with van der Waals surface area (Å²) in [6, 6.07) is 1.58. The van der Waals surface area contributed by atoms with Gasteiger partial charge in [-0.25, -0.2) is 18.8 Å². The van der Waals surface area contributed by atoms with E-state index in [-0.39, 0.29) is 16.9 Å². The van der Waals surface area contributed by atoms with Crippen LogP contribution in [-0.2, 0) is 46.9 Å². The first-order valence-corrected chi connectivity index (χ1v) is 11.8. The maximum absolute atomic E-state index is 13.1. The molecule has 2 aliphatic carbocycles. The van der Waals surface area contributed by atoms with Crippen molar-refractivity contribution < 1.29 is 18.5 Å². The molecule has 1 aromatic carbocycles. The Hall–Kier alpha value is -2.43. The van der Waals surface area contributed by atoms with Crippen molar-refractivity contribution in [2.24, 2.45) is 9.50 Å². The Labute approximate surface area is 175 Å². The van der Waals surface area contributed by atoms with E-state index in [0.717, 1.165) is 44.2 Å². The number of rotatable bonds is 4. The predicted molar refractivity (Wildman–Crippen MR) is 111 cm³/mol. The number of methoxy groups -OCH3 is 1. The summed E-state index contributed by atoms with van der Waals surface area (Å²) in [6.07, 6.45) is 7.19. The first-order valence-electron chi connectivity index (χ1n) is 10.2. The van der Waals surface area contributed by atoms with Crippen LogP contribution in [0.2, 0.25) is 0 Å². The first kappa shape index (κ1) is 19.5. The molecule has 2 atom stereocenters. The molecule has 2 amide bonds. The summed E-state index contributed by atoms with van der Waals surface area (Å²) in [5.41, 5.74) is 5.80.